The van der Waals surface area contributed by atoms with Crippen LogP contribution in [0.25, 0.3) is 0 Å². The van der Waals surface area contributed by atoms with Crippen LogP contribution >= 0.6 is 0 Å². The van der Waals surface area contributed by atoms with Gasteiger partial charge in [-0.25, -0.2) is 0 Å². The van der Waals surface area contributed by atoms with Gasteiger partial charge in [0.1, 0.15) is 0 Å². The summed E-state index contributed by atoms with van der Waals surface area (Å²) < 4.78 is 0. The van der Waals surface area contributed by atoms with Crippen molar-refractivity contribution in [1.29, 1.82) is 0 Å². The minimum atomic E-state index is 0.584. The predicted molar refractivity (Wildman–Crippen MR) is 89.5 cm³/mol. The van der Waals surface area contributed by atoms with Gasteiger partial charge in [-0.1, -0.05) is 44.5 Å². The van der Waals surface area contributed by atoms with Gasteiger partial charge in [0, 0.05) is 6.04 Å². The molecule has 1 aromatic rings. The lowest BCUT2D eigenvalue weighted by Crippen LogP contribution is -2.36. The van der Waals surface area contributed by atoms with Crippen molar-refractivity contribution in [1.82, 2.24) is 10.2 Å². The fraction of sp³-hybridized carbons (Fsp3) is 0.667. The Morgan fingerprint density at radius 2 is 1.80 bits per heavy atom. The highest BCUT2D eigenvalue weighted by atomic mass is 15.1. The van der Waals surface area contributed by atoms with E-state index in [1.807, 2.05) is 0 Å². The van der Waals surface area contributed by atoms with Gasteiger partial charge < -0.3 is 10.2 Å². The molecule has 0 saturated carbocycles. The SMILES string of the molecule is CCNC(CCN(CC)CC)Cc1cc(C)ccc1C. The Bertz CT molecular complexity index is 383. The van der Waals surface area contributed by atoms with E-state index in [0.29, 0.717) is 6.04 Å². The summed E-state index contributed by atoms with van der Waals surface area (Å²) in [6.07, 6.45) is 2.37. The smallest absolute Gasteiger partial charge is 0.0120 e. The molecule has 0 amide bonds. The summed E-state index contributed by atoms with van der Waals surface area (Å²) in [6, 6.07) is 7.38. The molecule has 0 aromatic heterocycles. The highest BCUT2D eigenvalue weighted by molar-refractivity contribution is 5.31. The van der Waals surface area contributed by atoms with Crippen LogP contribution in [0.1, 0.15) is 43.9 Å². The summed E-state index contributed by atoms with van der Waals surface area (Å²) in [5.41, 5.74) is 4.28. The third kappa shape index (κ3) is 5.64. The van der Waals surface area contributed by atoms with Crippen LogP contribution in [0.2, 0.25) is 0 Å². The van der Waals surface area contributed by atoms with Crippen LogP contribution in [0.4, 0.5) is 0 Å². The van der Waals surface area contributed by atoms with E-state index in [4.69, 9.17) is 0 Å². The molecule has 0 radical (unpaired) electrons. The van der Waals surface area contributed by atoms with Gasteiger partial charge >= 0.3 is 0 Å². The molecule has 1 aromatic carbocycles. The van der Waals surface area contributed by atoms with E-state index in [2.05, 4.69) is 63.0 Å². The van der Waals surface area contributed by atoms with Crippen molar-refractivity contribution in [2.45, 2.75) is 53.5 Å². The number of nitrogens with zero attached hydrogens (tertiary/aromatic N) is 1. The van der Waals surface area contributed by atoms with Crippen molar-refractivity contribution in [3.05, 3.63) is 34.9 Å². The monoisotopic (exact) mass is 276 g/mol. The summed E-state index contributed by atoms with van der Waals surface area (Å²) in [5, 5.41) is 3.65. The zero-order valence-corrected chi connectivity index (χ0v) is 14.0. The fourth-order valence-electron chi connectivity index (χ4n) is 2.73. The highest BCUT2D eigenvalue weighted by Gasteiger charge is 2.11. The molecule has 1 N–H and O–H groups in total. The molecule has 0 aliphatic carbocycles. The van der Waals surface area contributed by atoms with E-state index in [1.54, 1.807) is 0 Å². The third-order valence-corrected chi connectivity index (χ3v) is 4.15. The second-order valence-electron chi connectivity index (χ2n) is 5.70. The summed E-state index contributed by atoms with van der Waals surface area (Å²) in [7, 11) is 0. The largest absolute Gasteiger partial charge is 0.314 e. The second kappa shape index (κ2) is 9.15. The zero-order chi connectivity index (χ0) is 15.0. The Morgan fingerprint density at radius 3 is 2.40 bits per heavy atom. The van der Waals surface area contributed by atoms with Crippen LogP contribution in [0.3, 0.4) is 0 Å². The van der Waals surface area contributed by atoms with Crippen molar-refractivity contribution in [3.8, 4) is 0 Å². The Morgan fingerprint density at radius 1 is 1.10 bits per heavy atom. The van der Waals surface area contributed by atoms with Gasteiger partial charge in [0.05, 0.1) is 0 Å². The van der Waals surface area contributed by atoms with Crippen LogP contribution in [0.5, 0.6) is 0 Å². The average Bonchev–Trinajstić information content (AvgIpc) is 2.44. The maximum atomic E-state index is 3.65. The molecule has 0 spiro atoms. The Balaban J connectivity index is 2.64. The van der Waals surface area contributed by atoms with E-state index < -0.39 is 0 Å². The van der Waals surface area contributed by atoms with E-state index in [-0.39, 0.29) is 0 Å². The van der Waals surface area contributed by atoms with Crippen LogP contribution in [-0.2, 0) is 6.42 Å². The van der Waals surface area contributed by atoms with Crippen molar-refractivity contribution in [2.24, 2.45) is 0 Å². The maximum Gasteiger partial charge on any atom is 0.0120 e. The van der Waals surface area contributed by atoms with Crippen LogP contribution in [0, 0.1) is 13.8 Å². The van der Waals surface area contributed by atoms with Gasteiger partial charge in [-0.15, -0.1) is 0 Å². The minimum absolute atomic E-state index is 0.584. The molecular formula is C18H32N2. The van der Waals surface area contributed by atoms with Gasteiger partial charge in [0.25, 0.3) is 0 Å². The first-order chi connectivity index (χ1) is 9.60. The molecular weight excluding hydrogens is 244 g/mol. The van der Waals surface area contributed by atoms with Crippen molar-refractivity contribution >= 4 is 0 Å². The second-order valence-corrected chi connectivity index (χ2v) is 5.70. The number of benzene rings is 1. The molecule has 0 aliphatic rings. The lowest BCUT2D eigenvalue weighted by Gasteiger charge is -2.24. The molecule has 1 unspecified atom stereocenters. The van der Waals surface area contributed by atoms with Crippen molar-refractivity contribution < 1.29 is 0 Å². The number of rotatable bonds is 9. The number of likely N-dealkylation sites (N-methyl/N-ethyl adjacent to an activating group) is 1. The van der Waals surface area contributed by atoms with Gasteiger partial charge in [-0.3, -0.25) is 0 Å². The summed E-state index contributed by atoms with van der Waals surface area (Å²) >= 11 is 0. The molecule has 0 bridgehead atoms. The van der Waals surface area contributed by atoms with Gasteiger partial charge in [-0.2, -0.15) is 0 Å². The summed E-state index contributed by atoms with van der Waals surface area (Å²) in [5.74, 6) is 0. The Kier molecular flexibility index (Phi) is 7.86. The molecule has 0 heterocycles. The first kappa shape index (κ1) is 17.2. The predicted octanol–water partition coefficient (Wildman–Crippen LogP) is 3.56. The van der Waals surface area contributed by atoms with Gasteiger partial charge in [-0.05, 0) is 64.0 Å². The fourth-order valence-corrected chi connectivity index (χ4v) is 2.73. The lowest BCUT2D eigenvalue weighted by atomic mass is 9.97. The first-order valence-electron chi connectivity index (χ1n) is 8.12. The average molecular weight is 276 g/mol. The lowest BCUT2D eigenvalue weighted by molar-refractivity contribution is 0.281. The minimum Gasteiger partial charge on any atom is -0.314 e. The van der Waals surface area contributed by atoms with Crippen molar-refractivity contribution in [2.75, 3.05) is 26.2 Å². The standard InChI is InChI=1S/C18H32N2/c1-6-19-18(11-12-20(7-2)8-3)14-17-13-15(4)9-10-16(17)5/h9-10,13,18-19H,6-8,11-12,14H2,1-5H3. The number of nitrogens with one attached hydrogen (secondary N) is 1. The summed E-state index contributed by atoms with van der Waals surface area (Å²) in [6.45, 7) is 15.6. The third-order valence-electron chi connectivity index (χ3n) is 4.15. The highest BCUT2D eigenvalue weighted by Crippen LogP contribution is 2.14. The van der Waals surface area contributed by atoms with E-state index in [0.717, 1.165) is 26.1 Å². The molecule has 2 heteroatoms. The number of hydrogen-bond donors (Lipinski definition) is 1. The molecule has 0 fully saturated rings. The number of aryl methyl sites for hydroxylation is 2. The molecule has 2 nitrogen and oxygen atoms in total. The normalized spacial score (nSPS) is 12.9. The Hall–Kier alpha value is -0.860. The molecule has 1 atom stereocenters. The van der Waals surface area contributed by atoms with E-state index in [1.165, 1.54) is 29.7 Å². The van der Waals surface area contributed by atoms with Gasteiger partial charge in [0.15, 0.2) is 0 Å². The van der Waals surface area contributed by atoms with Crippen LogP contribution in [-0.4, -0.2) is 37.1 Å². The van der Waals surface area contributed by atoms with E-state index in [9.17, 15) is 0 Å². The quantitative estimate of drug-likeness (QED) is 0.742. The van der Waals surface area contributed by atoms with Crippen LogP contribution in [0.15, 0.2) is 18.2 Å². The Labute approximate surface area is 125 Å². The molecule has 114 valence electrons. The topological polar surface area (TPSA) is 15.3 Å². The first-order valence-corrected chi connectivity index (χ1v) is 8.12. The van der Waals surface area contributed by atoms with Gasteiger partial charge in [0.2, 0.25) is 0 Å². The van der Waals surface area contributed by atoms with E-state index >= 15 is 0 Å². The molecule has 0 aliphatic heterocycles. The molecule has 1 rings (SSSR count). The van der Waals surface area contributed by atoms with Crippen LogP contribution < -0.4 is 5.32 Å². The van der Waals surface area contributed by atoms with Crippen molar-refractivity contribution in [3.63, 3.8) is 0 Å². The molecule has 0 saturated heterocycles. The molecule has 20 heavy (non-hydrogen) atoms. The maximum absolute atomic E-state index is 3.65. The zero-order valence-electron chi connectivity index (χ0n) is 14.0. The number of hydrogen-bond acceptors (Lipinski definition) is 2. The summed E-state index contributed by atoms with van der Waals surface area (Å²) in [4.78, 5) is 2.51.